The van der Waals surface area contributed by atoms with Crippen LogP contribution in [0.1, 0.15) is 6.42 Å². The number of carbonyl (C=O) groups excluding carboxylic acids is 1. The highest BCUT2D eigenvalue weighted by Gasteiger charge is 2.21. The highest BCUT2D eigenvalue weighted by molar-refractivity contribution is 7.17. The van der Waals surface area contributed by atoms with Gasteiger partial charge in [-0.05, 0) is 24.1 Å². The molecule has 0 N–H and O–H groups in total. The largest absolute Gasteiger partial charge is 0.341 e. The number of benzene rings is 1. The summed E-state index contributed by atoms with van der Waals surface area (Å²) in [5.74, 6) is -0.0345. The molecular formula is C17H14ClN3O2S. The number of hydrogen-bond donors (Lipinski definition) is 0. The van der Waals surface area contributed by atoms with E-state index in [1.807, 2.05) is 17.5 Å². The van der Waals surface area contributed by atoms with Crippen molar-refractivity contribution in [1.29, 1.82) is 0 Å². The van der Waals surface area contributed by atoms with Gasteiger partial charge in [0.25, 0.3) is 5.56 Å². The molecule has 0 radical (unpaired) electrons. The lowest BCUT2D eigenvalue weighted by Crippen LogP contribution is -2.44. The Bertz CT molecular complexity index is 974. The minimum absolute atomic E-state index is 0.0345. The van der Waals surface area contributed by atoms with Gasteiger partial charge in [-0.25, -0.2) is 4.98 Å². The number of nitrogens with zero attached hydrogens (tertiary/aromatic N) is 3. The summed E-state index contributed by atoms with van der Waals surface area (Å²) in [7, 11) is 0. The quantitative estimate of drug-likeness (QED) is 0.722. The van der Waals surface area contributed by atoms with Crippen LogP contribution < -0.4 is 5.56 Å². The van der Waals surface area contributed by atoms with Gasteiger partial charge in [-0.1, -0.05) is 23.7 Å². The molecule has 3 heterocycles. The van der Waals surface area contributed by atoms with Crippen molar-refractivity contribution < 1.29 is 4.79 Å². The van der Waals surface area contributed by atoms with Gasteiger partial charge in [0.05, 0.1) is 11.7 Å². The molecule has 1 aliphatic heterocycles. The monoisotopic (exact) mass is 359 g/mol. The first kappa shape index (κ1) is 15.4. The molecule has 5 nitrogen and oxygen atoms in total. The maximum atomic E-state index is 12.8. The van der Waals surface area contributed by atoms with E-state index in [-0.39, 0.29) is 18.0 Å². The lowest BCUT2D eigenvalue weighted by molar-refractivity contribution is -0.135. The number of rotatable bonds is 3. The molecule has 1 aliphatic rings. The van der Waals surface area contributed by atoms with Crippen molar-refractivity contribution in [3.05, 3.63) is 51.3 Å². The van der Waals surface area contributed by atoms with Gasteiger partial charge in [0.2, 0.25) is 5.91 Å². The Labute approximate surface area is 147 Å². The molecule has 122 valence electrons. The predicted molar refractivity (Wildman–Crippen MR) is 95.5 cm³/mol. The average molecular weight is 360 g/mol. The van der Waals surface area contributed by atoms with Crippen LogP contribution in [0.5, 0.6) is 0 Å². The summed E-state index contributed by atoms with van der Waals surface area (Å²) in [5.41, 5.74) is 1.56. The number of amides is 1. The topological polar surface area (TPSA) is 55.2 Å². The van der Waals surface area contributed by atoms with Crippen LogP contribution in [0.25, 0.3) is 21.3 Å². The third-order valence-electron chi connectivity index (χ3n) is 4.23. The molecule has 24 heavy (non-hydrogen) atoms. The van der Waals surface area contributed by atoms with Gasteiger partial charge in [0.15, 0.2) is 0 Å². The highest BCUT2D eigenvalue weighted by Crippen LogP contribution is 2.31. The molecule has 7 heteroatoms. The fourth-order valence-electron chi connectivity index (χ4n) is 2.73. The summed E-state index contributed by atoms with van der Waals surface area (Å²) in [4.78, 5) is 31.8. The molecule has 1 amide bonds. The smallest absolute Gasteiger partial charge is 0.263 e. The molecule has 0 unspecified atom stereocenters. The number of thiophene rings is 1. The van der Waals surface area contributed by atoms with E-state index >= 15 is 0 Å². The van der Waals surface area contributed by atoms with Crippen LogP contribution in [0.2, 0.25) is 5.02 Å². The Hall–Kier alpha value is -2.18. The van der Waals surface area contributed by atoms with E-state index in [1.165, 1.54) is 22.2 Å². The molecule has 0 aliphatic carbocycles. The first-order chi connectivity index (χ1) is 11.6. The number of aromatic nitrogens is 2. The lowest BCUT2D eigenvalue weighted by Gasteiger charge is -2.30. The predicted octanol–water partition coefficient (Wildman–Crippen LogP) is 3.01. The number of hydrogen-bond acceptors (Lipinski definition) is 4. The molecule has 1 aromatic carbocycles. The van der Waals surface area contributed by atoms with E-state index in [0.29, 0.717) is 15.2 Å². The molecule has 4 rings (SSSR count). The van der Waals surface area contributed by atoms with Gasteiger partial charge in [-0.15, -0.1) is 11.3 Å². The van der Waals surface area contributed by atoms with Crippen LogP contribution in [-0.4, -0.2) is 33.4 Å². The minimum atomic E-state index is -0.180. The van der Waals surface area contributed by atoms with E-state index in [2.05, 4.69) is 4.98 Å². The van der Waals surface area contributed by atoms with Gasteiger partial charge in [0, 0.05) is 29.1 Å². The molecule has 2 aromatic heterocycles. The van der Waals surface area contributed by atoms with Crippen molar-refractivity contribution in [2.45, 2.75) is 13.0 Å². The van der Waals surface area contributed by atoms with Crippen LogP contribution in [-0.2, 0) is 11.3 Å². The van der Waals surface area contributed by atoms with Crippen molar-refractivity contribution in [2.24, 2.45) is 0 Å². The third-order valence-corrected chi connectivity index (χ3v) is 5.37. The van der Waals surface area contributed by atoms with Gasteiger partial charge >= 0.3 is 0 Å². The van der Waals surface area contributed by atoms with E-state index < -0.39 is 0 Å². The van der Waals surface area contributed by atoms with Crippen LogP contribution >= 0.6 is 22.9 Å². The lowest BCUT2D eigenvalue weighted by atomic mass is 10.1. The Morgan fingerprint density at radius 3 is 2.67 bits per heavy atom. The first-order valence-electron chi connectivity index (χ1n) is 7.64. The Morgan fingerprint density at radius 2 is 2.00 bits per heavy atom. The van der Waals surface area contributed by atoms with Crippen LogP contribution in [0.3, 0.4) is 0 Å². The number of fused-ring (bicyclic) bond motifs is 1. The van der Waals surface area contributed by atoms with E-state index in [0.717, 1.165) is 30.6 Å². The minimum Gasteiger partial charge on any atom is -0.341 e. The Morgan fingerprint density at radius 1 is 1.25 bits per heavy atom. The SMILES string of the molecule is O=C(Cn1cnc2scc(-c3ccc(Cl)cc3)c2c1=O)N1CCC1. The number of halogens is 1. The van der Waals surface area contributed by atoms with Crippen LogP contribution in [0, 0.1) is 0 Å². The van der Waals surface area contributed by atoms with E-state index in [9.17, 15) is 9.59 Å². The third kappa shape index (κ3) is 2.61. The zero-order valence-electron chi connectivity index (χ0n) is 12.7. The fourth-order valence-corrected chi connectivity index (χ4v) is 3.77. The van der Waals surface area contributed by atoms with Gasteiger partial charge in [-0.2, -0.15) is 0 Å². The normalized spacial score (nSPS) is 14.0. The average Bonchev–Trinajstić information content (AvgIpc) is 2.94. The molecule has 0 bridgehead atoms. The van der Waals surface area contributed by atoms with Crippen LogP contribution in [0.4, 0.5) is 0 Å². The molecule has 0 saturated carbocycles. The zero-order chi connectivity index (χ0) is 16.7. The maximum Gasteiger partial charge on any atom is 0.263 e. The van der Waals surface area contributed by atoms with Crippen molar-refractivity contribution in [3.8, 4) is 11.1 Å². The fraction of sp³-hybridized carbons (Fsp3) is 0.235. The Balaban J connectivity index is 1.77. The summed E-state index contributed by atoms with van der Waals surface area (Å²) in [6.07, 6.45) is 2.49. The van der Waals surface area contributed by atoms with E-state index in [1.54, 1.807) is 17.0 Å². The molecule has 3 aromatic rings. The van der Waals surface area contributed by atoms with E-state index in [4.69, 9.17) is 11.6 Å². The summed E-state index contributed by atoms with van der Waals surface area (Å²) in [5, 5.41) is 3.12. The van der Waals surface area contributed by atoms with Crippen molar-refractivity contribution in [2.75, 3.05) is 13.1 Å². The van der Waals surface area contributed by atoms with Crippen molar-refractivity contribution in [1.82, 2.24) is 14.5 Å². The van der Waals surface area contributed by atoms with Crippen LogP contribution in [0.15, 0.2) is 40.8 Å². The standard InChI is InChI=1S/C17H14ClN3O2S/c18-12-4-2-11(3-5-12)13-9-24-16-15(13)17(23)21(10-19-16)8-14(22)20-6-1-7-20/h2-5,9-10H,1,6-8H2. The highest BCUT2D eigenvalue weighted by atomic mass is 35.5. The Kier molecular flexibility index (Phi) is 3.86. The van der Waals surface area contributed by atoms with Crippen molar-refractivity contribution >= 4 is 39.1 Å². The second-order valence-electron chi connectivity index (χ2n) is 5.75. The summed E-state index contributed by atoms with van der Waals surface area (Å²) < 4.78 is 1.40. The molecule has 1 fully saturated rings. The molecule has 0 atom stereocenters. The number of likely N-dealkylation sites (tertiary alicyclic amines) is 1. The molecular weight excluding hydrogens is 346 g/mol. The second kappa shape index (κ2) is 6.03. The van der Waals surface area contributed by atoms with Gasteiger partial charge in [0.1, 0.15) is 11.4 Å². The number of carbonyl (C=O) groups is 1. The van der Waals surface area contributed by atoms with Gasteiger partial charge in [-0.3, -0.25) is 14.2 Å². The summed E-state index contributed by atoms with van der Waals surface area (Å²) in [6, 6.07) is 7.35. The van der Waals surface area contributed by atoms with Gasteiger partial charge < -0.3 is 4.90 Å². The first-order valence-corrected chi connectivity index (χ1v) is 8.89. The molecule has 1 saturated heterocycles. The second-order valence-corrected chi connectivity index (χ2v) is 7.04. The maximum absolute atomic E-state index is 12.8. The summed E-state index contributed by atoms with van der Waals surface area (Å²) >= 11 is 7.36. The zero-order valence-corrected chi connectivity index (χ0v) is 14.3. The molecule has 0 spiro atoms. The summed E-state index contributed by atoms with van der Waals surface area (Å²) in [6.45, 7) is 1.59. The van der Waals surface area contributed by atoms with Crippen molar-refractivity contribution in [3.63, 3.8) is 0 Å².